The van der Waals surface area contributed by atoms with Gasteiger partial charge in [-0.2, -0.15) is 5.10 Å². The summed E-state index contributed by atoms with van der Waals surface area (Å²) in [6.45, 7) is 6.43. The van der Waals surface area contributed by atoms with E-state index in [-0.39, 0.29) is 6.04 Å². The molecular formula is C27H26N4O5. The predicted octanol–water partition coefficient (Wildman–Crippen LogP) is 4.63. The van der Waals surface area contributed by atoms with Gasteiger partial charge in [-0.05, 0) is 39.0 Å². The lowest BCUT2D eigenvalue weighted by molar-refractivity contribution is -0.123. The third-order valence-electron chi connectivity index (χ3n) is 5.81. The van der Waals surface area contributed by atoms with Crippen LogP contribution in [0.25, 0.3) is 22.3 Å². The summed E-state index contributed by atoms with van der Waals surface area (Å²) in [5, 5.41) is 7.75. The molecule has 4 aromatic rings. The van der Waals surface area contributed by atoms with Gasteiger partial charge in [0.25, 0.3) is 5.91 Å². The van der Waals surface area contributed by atoms with Crippen molar-refractivity contribution >= 4 is 28.6 Å². The van der Waals surface area contributed by atoms with E-state index in [9.17, 15) is 9.59 Å². The summed E-state index contributed by atoms with van der Waals surface area (Å²) in [6.07, 6.45) is 0.558. The normalized spacial score (nSPS) is 13.4. The van der Waals surface area contributed by atoms with Gasteiger partial charge in [-0.15, -0.1) is 0 Å². The van der Waals surface area contributed by atoms with Crippen LogP contribution >= 0.6 is 0 Å². The Labute approximate surface area is 208 Å². The summed E-state index contributed by atoms with van der Waals surface area (Å²) < 4.78 is 18.4. The number of benzene rings is 2. The number of amides is 1. The molecule has 184 valence electrons. The molecule has 0 saturated heterocycles. The Balaban J connectivity index is 1.39. The molecular weight excluding hydrogens is 460 g/mol. The Kier molecular flexibility index (Phi) is 6.28. The lowest BCUT2D eigenvalue weighted by Gasteiger charge is -2.19. The standard InChI is InChI=1S/C27H26N4O5/c1-16(2)31-25-21(15-28-31)20(14-22(30-25)18-7-5-4-6-8-18)27(33)36-17(3)26(32)29-19-9-10-23-24(13-19)35-12-11-34-23/h4-10,13-17H,11-12H2,1-3H3,(H,29,32). The van der Waals surface area contributed by atoms with Crippen LogP contribution < -0.4 is 14.8 Å². The number of nitrogens with one attached hydrogen (secondary N) is 1. The van der Waals surface area contributed by atoms with Crippen LogP contribution in [0.2, 0.25) is 0 Å². The van der Waals surface area contributed by atoms with E-state index in [1.165, 1.54) is 6.92 Å². The average Bonchev–Trinajstić information content (AvgIpc) is 3.33. The van der Waals surface area contributed by atoms with Gasteiger partial charge >= 0.3 is 5.97 Å². The number of ether oxygens (including phenoxy) is 3. The van der Waals surface area contributed by atoms with E-state index in [4.69, 9.17) is 19.2 Å². The number of nitrogens with zero attached hydrogens (tertiary/aromatic N) is 3. The number of hydrogen-bond acceptors (Lipinski definition) is 7. The first-order chi connectivity index (χ1) is 17.4. The van der Waals surface area contributed by atoms with Crippen LogP contribution in [0.4, 0.5) is 5.69 Å². The summed E-state index contributed by atoms with van der Waals surface area (Å²) in [7, 11) is 0. The molecule has 1 aliphatic rings. The van der Waals surface area contributed by atoms with Gasteiger partial charge in [-0.3, -0.25) is 4.79 Å². The molecule has 0 aliphatic carbocycles. The summed E-state index contributed by atoms with van der Waals surface area (Å²) in [5.74, 6) is 0.0780. The number of carbonyl (C=O) groups is 2. The van der Waals surface area contributed by atoms with Gasteiger partial charge in [-0.1, -0.05) is 30.3 Å². The Morgan fingerprint density at radius 2 is 1.75 bits per heavy atom. The molecule has 9 nitrogen and oxygen atoms in total. The molecule has 1 N–H and O–H groups in total. The van der Waals surface area contributed by atoms with Crippen LogP contribution in [-0.4, -0.2) is 46.0 Å². The molecule has 2 aromatic carbocycles. The second kappa shape index (κ2) is 9.69. The maximum Gasteiger partial charge on any atom is 0.339 e. The average molecular weight is 487 g/mol. The molecule has 1 atom stereocenters. The fourth-order valence-electron chi connectivity index (χ4n) is 3.96. The van der Waals surface area contributed by atoms with Crippen molar-refractivity contribution in [3.05, 3.63) is 66.4 Å². The fourth-order valence-corrected chi connectivity index (χ4v) is 3.96. The minimum atomic E-state index is -1.05. The lowest BCUT2D eigenvalue weighted by atomic mass is 10.1. The van der Waals surface area contributed by atoms with Crippen molar-refractivity contribution in [2.45, 2.75) is 32.9 Å². The molecule has 1 aliphatic heterocycles. The van der Waals surface area contributed by atoms with E-state index in [0.29, 0.717) is 52.7 Å². The number of anilines is 1. The zero-order chi connectivity index (χ0) is 25.2. The second-order valence-electron chi connectivity index (χ2n) is 8.74. The highest BCUT2D eigenvalue weighted by atomic mass is 16.6. The molecule has 0 bridgehead atoms. The van der Waals surface area contributed by atoms with Crippen molar-refractivity contribution in [3.8, 4) is 22.8 Å². The van der Waals surface area contributed by atoms with Crippen molar-refractivity contribution in [1.29, 1.82) is 0 Å². The minimum absolute atomic E-state index is 0.0422. The Morgan fingerprint density at radius 1 is 1.00 bits per heavy atom. The van der Waals surface area contributed by atoms with Gasteiger partial charge < -0.3 is 19.5 Å². The summed E-state index contributed by atoms with van der Waals surface area (Å²) in [4.78, 5) is 30.8. The molecule has 1 amide bonds. The van der Waals surface area contributed by atoms with Gasteiger partial charge in [0, 0.05) is 23.4 Å². The number of hydrogen-bond donors (Lipinski definition) is 1. The maximum atomic E-state index is 13.3. The number of aromatic nitrogens is 3. The van der Waals surface area contributed by atoms with Crippen molar-refractivity contribution in [1.82, 2.24) is 14.8 Å². The first-order valence-corrected chi connectivity index (χ1v) is 11.8. The molecule has 9 heteroatoms. The molecule has 1 unspecified atom stereocenters. The SMILES string of the molecule is CC(OC(=O)c1cc(-c2ccccc2)nc2c1cnn2C(C)C)C(=O)Nc1ccc2c(c1)OCCO2. The number of rotatable bonds is 6. The Morgan fingerprint density at radius 3 is 2.50 bits per heavy atom. The third-order valence-corrected chi connectivity index (χ3v) is 5.81. The Bertz CT molecular complexity index is 1430. The van der Waals surface area contributed by atoms with Crippen LogP contribution in [-0.2, 0) is 9.53 Å². The number of fused-ring (bicyclic) bond motifs is 2. The molecule has 0 spiro atoms. The highest BCUT2D eigenvalue weighted by Crippen LogP contribution is 2.33. The zero-order valence-corrected chi connectivity index (χ0v) is 20.2. The first kappa shape index (κ1) is 23.3. The van der Waals surface area contributed by atoms with Crippen molar-refractivity contribution < 1.29 is 23.8 Å². The maximum absolute atomic E-state index is 13.3. The topological polar surface area (TPSA) is 105 Å². The number of pyridine rings is 1. The van der Waals surface area contributed by atoms with Gasteiger partial charge in [0.05, 0.1) is 22.8 Å². The van der Waals surface area contributed by atoms with Gasteiger partial charge in [-0.25, -0.2) is 14.5 Å². The number of esters is 1. The van der Waals surface area contributed by atoms with E-state index in [1.54, 1.807) is 35.1 Å². The fraction of sp³-hybridized carbons (Fsp3) is 0.259. The molecule has 0 fully saturated rings. The van der Waals surface area contributed by atoms with E-state index < -0.39 is 18.0 Å². The van der Waals surface area contributed by atoms with E-state index in [2.05, 4.69) is 10.4 Å². The number of carbonyl (C=O) groups excluding carboxylic acids is 2. The first-order valence-electron chi connectivity index (χ1n) is 11.8. The van der Waals surface area contributed by atoms with Crippen LogP contribution in [0.1, 0.15) is 37.2 Å². The molecule has 0 radical (unpaired) electrons. The van der Waals surface area contributed by atoms with Crippen LogP contribution in [0.5, 0.6) is 11.5 Å². The van der Waals surface area contributed by atoms with Gasteiger partial charge in [0.15, 0.2) is 23.3 Å². The van der Waals surface area contributed by atoms with E-state index in [0.717, 1.165) is 5.56 Å². The molecule has 2 aromatic heterocycles. The largest absolute Gasteiger partial charge is 0.486 e. The van der Waals surface area contributed by atoms with Crippen molar-refractivity contribution in [2.24, 2.45) is 0 Å². The monoisotopic (exact) mass is 486 g/mol. The van der Waals surface area contributed by atoms with Gasteiger partial charge in [0.1, 0.15) is 13.2 Å². The van der Waals surface area contributed by atoms with Crippen molar-refractivity contribution in [3.63, 3.8) is 0 Å². The quantitative estimate of drug-likeness (QED) is 0.396. The van der Waals surface area contributed by atoms with Crippen LogP contribution in [0, 0.1) is 0 Å². The summed E-state index contributed by atoms with van der Waals surface area (Å²) in [5.41, 5.74) is 2.86. The van der Waals surface area contributed by atoms with Crippen LogP contribution in [0.3, 0.4) is 0 Å². The zero-order valence-electron chi connectivity index (χ0n) is 20.2. The van der Waals surface area contributed by atoms with E-state index in [1.807, 2.05) is 44.2 Å². The molecule has 0 saturated carbocycles. The molecule has 36 heavy (non-hydrogen) atoms. The predicted molar refractivity (Wildman–Crippen MR) is 134 cm³/mol. The van der Waals surface area contributed by atoms with Crippen molar-refractivity contribution in [2.75, 3.05) is 18.5 Å². The summed E-state index contributed by atoms with van der Waals surface area (Å²) >= 11 is 0. The second-order valence-corrected chi connectivity index (χ2v) is 8.74. The highest BCUT2D eigenvalue weighted by molar-refractivity contribution is 6.05. The van der Waals surface area contributed by atoms with E-state index >= 15 is 0 Å². The lowest BCUT2D eigenvalue weighted by Crippen LogP contribution is -2.30. The van der Waals surface area contributed by atoms with Crippen LogP contribution in [0.15, 0.2) is 60.8 Å². The highest BCUT2D eigenvalue weighted by Gasteiger charge is 2.24. The third kappa shape index (κ3) is 4.59. The Hall–Kier alpha value is -4.40. The minimum Gasteiger partial charge on any atom is -0.486 e. The molecule has 5 rings (SSSR count). The van der Waals surface area contributed by atoms with Gasteiger partial charge in [0.2, 0.25) is 0 Å². The smallest absolute Gasteiger partial charge is 0.339 e. The molecule has 3 heterocycles. The summed E-state index contributed by atoms with van der Waals surface area (Å²) in [6, 6.07) is 16.4.